The second-order valence-corrected chi connectivity index (χ2v) is 5.95. The molecule has 3 aromatic rings. The summed E-state index contributed by atoms with van der Waals surface area (Å²) in [5, 5.41) is 20.1. The van der Waals surface area contributed by atoms with Crippen molar-refractivity contribution >= 4 is 55.0 Å². The van der Waals surface area contributed by atoms with E-state index >= 15 is 0 Å². The molecular weight excluding hydrogens is 328 g/mol. The van der Waals surface area contributed by atoms with Crippen molar-refractivity contribution in [1.29, 1.82) is 0 Å². The molecule has 0 saturated heterocycles. The van der Waals surface area contributed by atoms with E-state index in [0.717, 1.165) is 15.5 Å². The van der Waals surface area contributed by atoms with Crippen LogP contribution >= 0.6 is 22.9 Å². The van der Waals surface area contributed by atoms with Gasteiger partial charge in [-0.3, -0.25) is 14.8 Å². The predicted octanol–water partition coefficient (Wildman–Crippen LogP) is 3.02. The van der Waals surface area contributed by atoms with E-state index in [-0.39, 0.29) is 15.8 Å². The summed E-state index contributed by atoms with van der Waals surface area (Å²) in [4.78, 5) is 26.6. The Labute approximate surface area is 133 Å². The van der Waals surface area contributed by atoms with Gasteiger partial charge >= 0.3 is 5.97 Å². The van der Waals surface area contributed by atoms with E-state index in [0.29, 0.717) is 4.70 Å². The number of pyridine rings is 1. The van der Waals surface area contributed by atoms with Gasteiger partial charge in [-0.15, -0.1) is 11.3 Å². The average molecular weight is 337 g/mol. The average Bonchev–Trinajstić information content (AvgIpc) is 2.86. The third-order valence-electron chi connectivity index (χ3n) is 3.09. The van der Waals surface area contributed by atoms with Crippen LogP contribution in [0.4, 0.5) is 0 Å². The number of carbonyl (C=O) groups is 2. The Hall–Kier alpha value is -2.22. The first-order chi connectivity index (χ1) is 10.5. The highest BCUT2D eigenvalue weighted by atomic mass is 35.5. The smallest absolute Gasteiger partial charge is 0.325 e. The molecule has 0 atom stereocenters. The van der Waals surface area contributed by atoms with Crippen LogP contribution in [-0.4, -0.2) is 38.8 Å². The molecule has 2 aromatic heterocycles. The van der Waals surface area contributed by atoms with Crippen molar-refractivity contribution in [3.63, 3.8) is 0 Å². The number of fused-ring (bicyclic) bond motifs is 3. The molecule has 0 aliphatic heterocycles. The lowest BCUT2D eigenvalue weighted by Gasteiger charge is -2.12. The quantitative estimate of drug-likeness (QED) is 0.566. The Kier molecular flexibility index (Phi) is 3.69. The summed E-state index contributed by atoms with van der Waals surface area (Å²) in [7, 11) is 0. The number of amides is 1. The molecule has 3 rings (SSSR count). The number of carboxylic acid groups (broad SMARTS) is 1. The number of carboxylic acids is 1. The number of nitrogens with zero attached hydrogens (tertiary/aromatic N) is 2. The SMILES string of the molecule is O=C(O)CN(O)C(=O)c1ncc2c(sc3ccccc32)c1Cl. The summed E-state index contributed by atoms with van der Waals surface area (Å²) in [5.41, 5.74) is -0.176. The highest BCUT2D eigenvalue weighted by molar-refractivity contribution is 7.26. The predicted molar refractivity (Wildman–Crippen MR) is 82.6 cm³/mol. The van der Waals surface area contributed by atoms with Crippen molar-refractivity contribution in [3.05, 3.63) is 41.2 Å². The maximum absolute atomic E-state index is 12.0. The van der Waals surface area contributed by atoms with Gasteiger partial charge in [0.15, 0.2) is 5.69 Å². The number of halogens is 1. The first-order valence-corrected chi connectivity index (χ1v) is 7.36. The second kappa shape index (κ2) is 5.53. The fourth-order valence-corrected chi connectivity index (χ4v) is 3.58. The summed E-state index contributed by atoms with van der Waals surface area (Å²) < 4.78 is 1.67. The summed E-state index contributed by atoms with van der Waals surface area (Å²) in [6.07, 6.45) is 1.50. The summed E-state index contributed by atoms with van der Waals surface area (Å²) >= 11 is 7.64. The van der Waals surface area contributed by atoms with Gasteiger partial charge in [0.25, 0.3) is 5.91 Å². The third-order valence-corrected chi connectivity index (χ3v) is 4.77. The van der Waals surface area contributed by atoms with Gasteiger partial charge in [-0.05, 0) is 6.07 Å². The van der Waals surface area contributed by atoms with Crippen LogP contribution < -0.4 is 0 Å². The van der Waals surface area contributed by atoms with E-state index in [1.807, 2.05) is 24.3 Å². The first-order valence-electron chi connectivity index (χ1n) is 6.17. The van der Waals surface area contributed by atoms with Crippen molar-refractivity contribution in [2.75, 3.05) is 6.54 Å². The lowest BCUT2D eigenvalue weighted by Crippen LogP contribution is -2.33. The fraction of sp³-hybridized carbons (Fsp3) is 0.0714. The fourth-order valence-electron chi connectivity index (χ4n) is 2.12. The molecule has 0 radical (unpaired) electrons. The molecule has 6 nitrogen and oxygen atoms in total. The molecule has 0 unspecified atom stereocenters. The Morgan fingerprint density at radius 1 is 1.27 bits per heavy atom. The van der Waals surface area contributed by atoms with Crippen LogP contribution in [0.3, 0.4) is 0 Å². The molecule has 0 aliphatic carbocycles. The zero-order valence-electron chi connectivity index (χ0n) is 11.0. The molecule has 112 valence electrons. The van der Waals surface area contributed by atoms with Crippen molar-refractivity contribution in [3.8, 4) is 0 Å². The molecule has 0 spiro atoms. The van der Waals surface area contributed by atoms with E-state index in [2.05, 4.69) is 4.98 Å². The minimum atomic E-state index is -1.34. The minimum Gasteiger partial charge on any atom is -0.480 e. The number of aromatic nitrogens is 1. The molecule has 2 heterocycles. The van der Waals surface area contributed by atoms with Crippen LogP contribution in [0.2, 0.25) is 5.02 Å². The van der Waals surface area contributed by atoms with Crippen molar-refractivity contribution in [2.24, 2.45) is 0 Å². The molecular formula is C14H9ClN2O4S. The van der Waals surface area contributed by atoms with Gasteiger partial charge in [0.1, 0.15) is 6.54 Å². The standard InChI is InChI=1S/C14H9ClN2O4S/c15-11-12(14(20)17(21)6-10(18)19)16-5-8-7-3-1-2-4-9(7)22-13(8)11/h1-5,21H,6H2,(H,18,19). The molecule has 22 heavy (non-hydrogen) atoms. The highest BCUT2D eigenvalue weighted by Gasteiger charge is 2.23. The number of aliphatic carboxylic acids is 1. The number of hydrogen-bond acceptors (Lipinski definition) is 5. The van der Waals surface area contributed by atoms with E-state index < -0.39 is 18.4 Å². The maximum Gasteiger partial charge on any atom is 0.325 e. The van der Waals surface area contributed by atoms with E-state index in [1.165, 1.54) is 17.5 Å². The molecule has 1 aromatic carbocycles. The molecule has 8 heteroatoms. The Morgan fingerprint density at radius 2 is 2.00 bits per heavy atom. The maximum atomic E-state index is 12.0. The molecule has 0 aliphatic rings. The van der Waals surface area contributed by atoms with Crippen LogP contribution in [0, 0.1) is 0 Å². The van der Waals surface area contributed by atoms with Crippen molar-refractivity contribution in [1.82, 2.24) is 10.0 Å². The Bertz CT molecular complexity index is 908. The summed E-state index contributed by atoms with van der Waals surface area (Å²) in [6, 6.07) is 7.65. The monoisotopic (exact) mass is 336 g/mol. The number of thiophene rings is 1. The number of benzene rings is 1. The number of hydroxylamine groups is 2. The highest BCUT2D eigenvalue weighted by Crippen LogP contribution is 2.38. The summed E-state index contributed by atoms with van der Waals surface area (Å²) in [5.74, 6) is -2.29. The molecule has 2 N–H and O–H groups in total. The topological polar surface area (TPSA) is 90.7 Å². The van der Waals surface area contributed by atoms with Gasteiger partial charge < -0.3 is 5.11 Å². The van der Waals surface area contributed by atoms with Crippen LogP contribution in [0.1, 0.15) is 10.5 Å². The van der Waals surface area contributed by atoms with Gasteiger partial charge in [-0.2, -0.15) is 0 Å². The molecule has 0 fully saturated rings. The van der Waals surface area contributed by atoms with Crippen LogP contribution in [0.25, 0.3) is 20.2 Å². The van der Waals surface area contributed by atoms with Gasteiger partial charge in [0.05, 0.1) is 9.72 Å². The summed E-state index contributed by atoms with van der Waals surface area (Å²) in [6.45, 7) is -0.846. The lowest BCUT2D eigenvalue weighted by atomic mass is 10.2. The molecule has 0 bridgehead atoms. The van der Waals surface area contributed by atoms with Crippen LogP contribution in [0.15, 0.2) is 30.5 Å². The lowest BCUT2D eigenvalue weighted by molar-refractivity contribution is -0.146. The van der Waals surface area contributed by atoms with Crippen LogP contribution in [0.5, 0.6) is 0 Å². The van der Waals surface area contributed by atoms with Gasteiger partial charge in [-0.1, -0.05) is 29.8 Å². The Balaban J connectivity index is 2.12. The zero-order chi connectivity index (χ0) is 15.9. The van der Waals surface area contributed by atoms with E-state index in [1.54, 1.807) is 0 Å². The number of hydrogen-bond donors (Lipinski definition) is 2. The van der Waals surface area contributed by atoms with Gasteiger partial charge in [-0.25, -0.2) is 10.0 Å². The second-order valence-electron chi connectivity index (χ2n) is 4.52. The molecule has 0 saturated carbocycles. The molecule has 1 amide bonds. The normalized spacial score (nSPS) is 11.0. The third kappa shape index (κ3) is 2.39. The van der Waals surface area contributed by atoms with Gasteiger partial charge in [0, 0.05) is 21.7 Å². The van der Waals surface area contributed by atoms with E-state index in [4.69, 9.17) is 16.7 Å². The zero-order valence-corrected chi connectivity index (χ0v) is 12.6. The first kappa shape index (κ1) is 14.7. The van der Waals surface area contributed by atoms with Gasteiger partial charge in [0.2, 0.25) is 0 Å². The van der Waals surface area contributed by atoms with Crippen molar-refractivity contribution < 1.29 is 19.9 Å². The minimum absolute atomic E-state index is 0.0791. The van der Waals surface area contributed by atoms with Crippen LogP contribution in [-0.2, 0) is 4.79 Å². The largest absolute Gasteiger partial charge is 0.480 e. The van der Waals surface area contributed by atoms with E-state index in [9.17, 15) is 14.8 Å². The number of carbonyl (C=O) groups excluding carboxylic acids is 1. The van der Waals surface area contributed by atoms with Crippen molar-refractivity contribution in [2.45, 2.75) is 0 Å². The number of rotatable bonds is 3. The Morgan fingerprint density at radius 3 is 2.73 bits per heavy atom.